The van der Waals surface area contributed by atoms with E-state index >= 15 is 0 Å². The van der Waals surface area contributed by atoms with Gasteiger partial charge < -0.3 is 10.0 Å². The molecule has 2 fully saturated rings. The van der Waals surface area contributed by atoms with Gasteiger partial charge in [-0.05, 0) is 19.3 Å². The van der Waals surface area contributed by atoms with E-state index in [0.717, 1.165) is 32.2 Å². The number of alkyl halides is 1. The van der Waals surface area contributed by atoms with Crippen LogP contribution in [0.4, 0.5) is 0 Å². The molecular formula is C11H18ClNO2. The smallest absolute Gasteiger partial charge is 0.224 e. The lowest BCUT2D eigenvalue weighted by molar-refractivity contribution is -0.132. The minimum atomic E-state index is 0.0158. The highest BCUT2D eigenvalue weighted by molar-refractivity contribution is 6.18. The molecule has 0 spiro atoms. The Morgan fingerprint density at radius 1 is 1.53 bits per heavy atom. The summed E-state index contributed by atoms with van der Waals surface area (Å²) in [5.74, 6) is 0.556. The summed E-state index contributed by atoms with van der Waals surface area (Å²) in [4.78, 5) is 13.8. The summed E-state index contributed by atoms with van der Waals surface area (Å²) in [7, 11) is 0. The van der Waals surface area contributed by atoms with E-state index in [2.05, 4.69) is 0 Å². The van der Waals surface area contributed by atoms with Gasteiger partial charge in [-0.15, -0.1) is 11.6 Å². The number of hydrogen-bond acceptors (Lipinski definition) is 2. The number of fused-ring (bicyclic) bond motifs is 1. The van der Waals surface area contributed by atoms with Gasteiger partial charge in [-0.1, -0.05) is 6.42 Å². The summed E-state index contributed by atoms with van der Waals surface area (Å²) in [6.07, 6.45) is 4.64. The maximum atomic E-state index is 11.8. The number of rotatable bonds is 3. The Morgan fingerprint density at radius 3 is 3.00 bits per heavy atom. The Kier molecular flexibility index (Phi) is 3.21. The lowest BCUT2D eigenvalue weighted by Gasteiger charge is -2.30. The Balaban J connectivity index is 2.08. The highest BCUT2D eigenvalue weighted by atomic mass is 35.5. The highest BCUT2D eigenvalue weighted by Crippen LogP contribution is 2.48. The first-order valence-electron chi connectivity index (χ1n) is 5.70. The molecule has 1 aliphatic carbocycles. The number of halogens is 1. The monoisotopic (exact) mass is 231 g/mol. The summed E-state index contributed by atoms with van der Waals surface area (Å²) < 4.78 is 0. The Bertz CT molecular complexity index is 259. The second kappa shape index (κ2) is 4.30. The lowest BCUT2D eigenvalue weighted by atomic mass is 9.83. The van der Waals surface area contributed by atoms with Crippen LogP contribution in [0.3, 0.4) is 0 Å². The largest absolute Gasteiger partial charge is 0.396 e. The number of nitrogens with zero attached hydrogens (tertiary/aromatic N) is 1. The van der Waals surface area contributed by atoms with E-state index in [1.165, 1.54) is 0 Å². The van der Waals surface area contributed by atoms with E-state index in [9.17, 15) is 9.90 Å². The second-order valence-corrected chi connectivity index (χ2v) is 5.08. The van der Waals surface area contributed by atoms with Gasteiger partial charge >= 0.3 is 0 Å². The zero-order chi connectivity index (χ0) is 10.9. The van der Waals surface area contributed by atoms with E-state index in [1.807, 2.05) is 4.90 Å². The molecule has 0 aromatic rings. The quantitative estimate of drug-likeness (QED) is 0.746. The van der Waals surface area contributed by atoms with E-state index in [-0.39, 0.29) is 24.0 Å². The molecule has 15 heavy (non-hydrogen) atoms. The Hall–Kier alpha value is -0.280. The Morgan fingerprint density at radius 2 is 2.33 bits per heavy atom. The third-order valence-electron chi connectivity index (χ3n) is 4.03. The van der Waals surface area contributed by atoms with Gasteiger partial charge in [-0.2, -0.15) is 0 Å². The molecule has 3 nitrogen and oxygen atoms in total. The van der Waals surface area contributed by atoms with Crippen molar-refractivity contribution in [2.75, 3.05) is 19.0 Å². The van der Waals surface area contributed by atoms with E-state index in [0.29, 0.717) is 12.3 Å². The molecule has 0 aromatic heterocycles. The maximum absolute atomic E-state index is 11.8. The van der Waals surface area contributed by atoms with E-state index in [1.54, 1.807) is 0 Å². The van der Waals surface area contributed by atoms with Crippen molar-refractivity contribution in [1.29, 1.82) is 0 Å². The van der Waals surface area contributed by atoms with Gasteiger partial charge in [0.2, 0.25) is 5.91 Å². The van der Waals surface area contributed by atoms with Crippen molar-refractivity contribution in [2.24, 2.45) is 5.41 Å². The molecule has 0 aromatic carbocycles. The van der Waals surface area contributed by atoms with Crippen molar-refractivity contribution in [3.8, 4) is 0 Å². The van der Waals surface area contributed by atoms with Gasteiger partial charge in [0, 0.05) is 30.3 Å². The standard InChI is InChI=1S/C11H18ClNO2/c12-6-3-10(15)13-7-5-11(8-14)4-1-2-9(11)13/h9,14H,1-8H2. The van der Waals surface area contributed by atoms with Gasteiger partial charge in [0.05, 0.1) is 6.61 Å². The fourth-order valence-corrected chi connectivity index (χ4v) is 3.35. The van der Waals surface area contributed by atoms with Gasteiger partial charge in [-0.3, -0.25) is 4.79 Å². The fourth-order valence-electron chi connectivity index (χ4n) is 3.18. The zero-order valence-corrected chi connectivity index (χ0v) is 9.67. The molecule has 1 N–H and O–H groups in total. The minimum Gasteiger partial charge on any atom is -0.396 e. The molecule has 4 heteroatoms. The van der Waals surface area contributed by atoms with Crippen LogP contribution in [0.15, 0.2) is 0 Å². The first kappa shape index (κ1) is 11.2. The normalized spacial score (nSPS) is 34.5. The third-order valence-corrected chi connectivity index (χ3v) is 4.22. The molecule has 0 radical (unpaired) electrons. The van der Waals surface area contributed by atoms with Gasteiger partial charge in [0.15, 0.2) is 0 Å². The molecule has 2 atom stereocenters. The van der Waals surface area contributed by atoms with Crippen LogP contribution in [0.5, 0.6) is 0 Å². The van der Waals surface area contributed by atoms with E-state index < -0.39 is 0 Å². The lowest BCUT2D eigenvalue weighted by Crippen LogP contribution is -2.41. The van der Waals surface area contributed by atoms with Crippen LogP contribution in [-0.4, -0.2) is 41.0 Å². The predicted octanol–water partition coefficient (Wildman–Crippen LogP) is 1.38. The molecule has 2 unspecified atom stereocenters. The number of aliphatic hydroxyl groups is 1. The topological polar surface area (TPSA) is 40.5 Å². The van der Waals surface area contributed by atoms with Crippen LogP contribution < -0.4 is 0 Å². The summed E-state index contributed by atoms with van der Waals surface area (Å²) in [6.45, 7) is 1.03. The van der Waals surface area contributed by atoms with Crippen LogP contribution in [-0.2, 0) is 4.79 Å². The number of carbonyl (C=O) groups is 1. The van der Waals surface area contributed by atoms with Gasteiger partial charge in [0.25, 0.3) is 0 Å². The second-order valence-electron chi connectivity index (χ2n) is 4.70. The highest BCUT2D eigenvalue weighted by Gasteiger charge is 2.50. The summed E-state index contributed by atoms with van der Waals surface area (Å²) in [6, 6.07) is 0.276. The average molecular weight is 232 g/mol. The summed E-state index contributed by atoms with van der Waals surface area (Å²) in [5, 5.41) is 9.49. The number of likely N-dealkylation sites (tertiary alicyclic amines) is 1. The van der Waals surface area contributed by atoms with Crippen molar-refractivity contribution < 1.29 is 9.90 Å². The molecule has 2 rings (SSSR count). The molecule has 1 saturated heterocycles. The third kappa shape index (κ3) is 1.76. The number of amides is 1. The van der Waals surface area contributed by atoms with Gasteiger partial charge in [-0.25, -0.2) is 0 Å². The van der Waals surface area contributed by atoms with Gasteiger partial charge in [0.1, 0.15) is 0 Å². The average Bonchev–Trinajstić information content (AvgIpc) is 2.75. The zero-order valence-electron chi connectivity index (χ0n) is 8.91. The van der Waals surface area contributed by atoms with Crippen molar-refractivity contribution in [1.82, 2.24) is 4.90 Å². The fraction of sp³-hybridized carbons (Fsp3) is 0.909. The molecular weight excluding hydrogens is 214 g/mol. The minimum absolute atomic E-state index is 0.0158. The molecule has 0 bridgehead atoms. The number of hydrogen-bond donors (Lipinski definition) is 1. The first-order chi connectivity index (χ1) is 7.23. The van der Waals surface area contributed by atoms with Crippen molar-refractivity contribution in [3.63, 3.8) is 0 Å². The van der Waals surface area contributed by atoms with Crippen molar-refractivity contribution in [3.05, 3.63) is 0 Å². The maximum Gasteiger partial charge on any atom is 0.224 e. The number of aliphatic hydroxyl groups excluding tert-OH is 1. The van der Waals surface area contributed by atoms with Crippen LogP contribution in [0.25, 0.3) is 0 Å². The van der Waals surface area contributed by atoms with Crippen LogP contribution >= 0.6 is 11.6 Å². The van der Waals surface area contributed by atoms with E-state index in [4.69, 9.17) is 11.6 Å². The molecule has 1 aliphatic heterocycles. The van der Waals surface area contributed by atoms with Crippen LogP contribution in [0, 0.1) is 5.41 Å². The molecule has 1 amide bonds. The van der Waals surface area contributed by atoms with Crippen molar-refractivity contribution >= 4 is 17.5 Å². The van der Waals surface area contributed by atoms with Crippen LogP contribution in [0.1, 0.15) is 32.1 Å². The Labute approximate surface area is 95.4 Å². The predicted molar refractivity (Wildman–Crippen MR) is 58.8 cm³/mol. The molecule has 2 aliphatic rings. The molecule has 1 saturated carbocycles. The van der Waals surface area contributed by atoms with Crippen molar-refractivity contribution in [2.45, 2.75) is 38.1 Å². The SMILES string of the molecule is O=C(CCCl)N1CCC2(CO)CCCC12. The van der Waals surface area contributed by atoms with Crippen LogP contribution in [0.2, 0.25) is 0 Å². The number of carbonyl (C=O) groups excluding carboxylic acids is 1. The first-order valence-corrected chi connectivity index (χ1v) is 6.23. The summed E-state index contributed by atoms with van der Waals surface area (Å²) >= 11 is 5.59. The summed E-state index contributed by atoms with van der Waals surface area (Å²) in [5.41, 5.74) is 0.0158. The molecule has 86 valence electrons. The molecule has 1 heterocycles.